The summed E-state index contributed by atoms with van der Waals surface area (Å²) in [5, 5.41) is 3.49. The highest BCUT2D eigenvalue weighted by atomic mass is 32.1. The molecule has 2 aromatic carbocycles. The SMILES string of the molecule is c1ccc(CCn2cc(-c3cccs3)c3ccccc32)cc1. The molecule has 0 fully saturated rings. The Labute approximate surface area is 134 Å². The minimum Gasteiger partial charge on any atom is -0.346 e. The largest absolute Gasteiger partial charge is 0.346 e. The molecular formula is C20H17NS. The molecule has 22 heavy (non-hydrogen) atoms. The second-order valence-electron chi connectivity index (χ2n) is 5.47. The Kier molecular flexibility index (Phi) is 3.53. The summed E-state index contributed by atoms with van der Waals surface area (Å²) in [6, 6.07) is 23.7. The minimum atomic E-state index is 1.01. The van der Waals surface area contributed by atoms with Gasteiger partial charge in [-0.3, -0.25) is 0 Å². The predicted octanol–water partition coefficient (Wildman–Crippen LogP) is 5.61. The van der Waals surface area contributed by atoms with Gasteiger partial charge < -0.3 is 4.57 Å². The molecule has 0 unspecified atom stereocenters. The van der Waals surface area contributed by atoms with Gasteiger partial charge in [0.25, 0.3) is 0 Å². The molecule has 0 aliphatic carbocycles. The first kappa shape index (κ1) is 13.4. The van der Waals surface area contributed by atoms with Crippen LogP contribution >= 0.6 is 11.3 Å². The predicted molar refractivity (Wildman–Crippen MR) is 95.4 cm³/mol. The Bertz CT molecular complexity index is 873. The van der Waals surface area contributed by atoms with Crippen LogP contribution in [-0.2, 0) is 13.0 Å². The van der Waals surface area contributed by atoms with E-state index in [-0.39, 0.29) is 0 Å². The van der Waals surface area contributed by atoms with Crippen LogP contribution in [-0.4, -0.2) is 4.57 Å². The second-order valence-corrected chi connectivity index (χ2v) is 6.41. The van der Waals surface area contributed by atoms with E-state index in [1.165, 1.54) is 26.9 Å². The van der Waals surface area contributed by atoms with E-state index in [0.29, 0.717) is 0 Å². The summed E-state index contributed by atoms with van der Waals surface area (Å²) in [7, 11) is 0. The first-order valence-electron chi connectivity index (χ1n) is 7.57. The number of thiophene rings is 1. The Morgan fingerprint density at radius 3 is 2.45 bits per heavy atom. The zero-order valence-corrected chi connectivity index (χ0v) is 13.1. The number of benzene rings is 2. The van der Waals surface area contributed by atoms with Gasteiger partial charge >= 0.3 is 0 Å². The summed E-state index contributed by atoms with van der Waals surface area (Å²) in [5.41, 5.74) is 4.05. The average molecular weight is 303 g/mol. The molecule has 4 aromatic rings. The number of aromatic nitrogens is 1. The molecule has 2 heterocycles. The van der Waals surface area contributed by atoms with Crippen LogP contribution in [0.1, 0.15) is 5.56 Å². The normalized spacial score (nSPS) is 11.1. The van der Waals surface area contributed by atoms with Gasteiger partial charge in [0.05, 0.1) is 0 Å². The van der Waals surface area contributed by atoms with Crippen LogP contribution in [0.25, 0.3) is 21.3 Å². The number of para-hydroxylation sites is 1. The van der Waals surface area contributed by atoms with Crippen molar-refractivity contribution in [2.45, 2.75) is 13.0 Å². The Morgan fingerprint density at radius 1 is 0.818 bits per heavy atom. The van der Waals surface area contributed by atoms with Crippen LogP contribution in [0, 0.1) is 0 Å². The maximum atomic E-state index is 2.39. The van der Waals surface area contributed by atoms with E-state index in [0.717, 1.165) is 13.0 Å². The van der Waals surface area contributed by atoms with Crippen molar-refractivity contribution in [1.82, 2.24) is 4.57 Å². The molecule has 0 atom stereocenters. The fraction of sp³-hybridized carbons (Fsp3) is 0.100. The van der Waals surface area contributed by atoms with Gasteiger partial charge in [-0.2, -0.15) is 0 Å². The third-order valence-electron chi connectivity index (χ3n) is 4.06. The number of hydrogen-bond donors (Lipinski definition) is 0. The monoisotopic (exact) mass is 303 g/mol. The lowest BCUT2D eigenvalue weighted by Gasteiger charge is -2.05. The molecule has 2 heteroatoms. The Morgan fingerprint density at radius 2 is 1.64 bits per heavy atom. The van der Waals surface area contributed by atoms with Gasteiger partial charge in [0, 0.05) is 34.1 Å². The van der Waals surface area contributed by atoms with Gasteiger partial charge in [-0.25, -0.2) is 0 Å². The molecule has 108 valence electrons. The molecule has 0 aliphatic rings. The molecule has 1 nitrogen and oxygen atoms in total. The van der Waals surface area contributed by atoms with E-state index in [1.54, 1.807) is 11.3 Å². The average Bonchev–Trinajstić information content (AvgIpc) is 3.22. The molecule has 2 aromatic heterocycles. The van der Waals surface area contributed by atoms with Crippen LogP contribution in [0.5, 0.6) is 0 Å². The molecule has 0 radical (unpaired) electrons. The van der Waals surface area contributed by atoms with Gasteiger partial charge in [0.1, 0.15) is 0 Å². The summed E-state index contributed by atoms with van der Waals surface area (Å²) in [6.07, 6.45) is 3.36. The lowest BCUT2D eigenvalue weighted by Crippen LogP contribution is -1.99. The van der Waals surface area contributed by atoms with E-state index in [2.05, 4.69) is 82.9 Å². The van der Waals surface area contributed by atoms with Crippen molar-refractivity contribution in [1.29, 1.82) is 0 Å². The molecule has 0 bridgehead atoms. The lowest BCUT2D eigenvalue weighted by molar-refractivity contribution is 0.723. The summed E-state index contributed by atoms with van der Waals surface area (Å²) in [4.78, 5) is 1.34. The number of hydrogen-bond acceptors (Lipinski definition) is 1. The quantitative estimate of drug-likeness (QED) is 0.461. The van der Waals surface area contributed by atoms with Crippen LogP contribution < -0.4 is 0 Å². The summed E-state index contributed by atoms with van der Waals surface area (Å²) in [5.74, 6) is 0. The summed E-state index contributed by atoms with van der Waals surface area (Å²) in [6.45, 7) is 1.01. The van der Waals surface area contributed by atoms with Crippen LogP contribution in [0.15, 0.2) is 78.3 Å². The molecular weight excluding hydrogens is 286 g/mol. The minimum absolute atomic E-state index is 1.01. The first-order valence-corrected chi connectivity index (χ1v) is 8.45. The smallest absolute Gasteiger partial charge is 0.0487 e. The van der Waals surface area contributed by atoms with Crippen molar-refractivity contribution in [3.05, 3.63) is 83.9 Å². The molecule has 4 rings (SSSR count). The van der Waals surface area contributed by atoms with E-state index >= 15 is 0 Å². The standard InChI is InChI=1S/C20H17NS/c1-2-7-16(8-3-1)12-13-21-15-18(20-11-6-14-22-20)17-9-4-5-10-19(17)21/h1-11,14-15H,12-13H2. The van der Waals surface area contributed by atoms with E-state index < -0.39 is 0 Å². The van der Waals surface area contributed by atoms with Crippen molar-refractivity contribution in [2.24, 2.45) is 0 Å². The summed E-state index contributed by atoms with van der Waals surface area (Å²) >= 11 is 1.81. The fourth-order valence-electron chi connectivity index (χ4n) is 2.95. The maximum Gasteiger partial charge on any atom is 0.0487 e. The van der Waals surface area contributed by atoms with Crippen LogP contribution in [0.2, 0.25) is 0 Å². The van der Waals surface area contributed by atoms with Gasteiger partial charge in [0.2, 0.25) is 0 Å². The van der Waals surface area contributed by atoms with E-state index in [1.807, 2.05) is 0 Å². The molecule has 0 saturated heterocycles. The van der Waals surface area contributed by atoms with Crippen molar-refractivity contribution in [3.8, 4) is 10.4 Å². The molecule has 0 N–H and O–H groups in total. The van der Waals surface area contributed by atoms with E-state index in [4.69, 9.17) is 0 Å². The summed E-state index contributed by atoms with van der Waals surface area (Å²) < 4.78 is 2.39. The Hall–Kier alpha value is -2.32. The highest BCUT2D eigenvalue weighted by Crippen LogP contribution is 2.33. The number of nitrogens with zero attached hydrogens (tertiary/aromatic N) is 1. The van der Waals surface area contributed by atoms with Crippen molar-refractivity contribution in [3.63, 3.8) is 0 Å². The topological polar surface area (TPSA) is 4.93 Å². The van der Waals surface area contributed by atoms with Gasteiger partial charge in [-0.05, 0) is 29.5 Å². The fourth-order valence-corrected chi connectivity index (χ4v) is 3.70. The van der Waals surface area contributed by atoms with E-state index in [9.17, 15) is 0 Å². The first-order chi connectivity index (χ1) is 10.9. The van der Waals surface area contributed by atoms with Crippen molar-refractivity contribution < 1.29 is 0 Å². The lowest BCUT2D eigenvalue weighted by atomic mass is 10.1. The number of rotatable bonds is 4. The zero-order valence-electron chi connectivity index (χ0n) is 12.3. The highest BCUT2D eigenvalue weighted by molar-refractivity contribution is 7.13. The molecule has 0 amide bonds. The number of fused-ring (bicyclic) bond motifs is 1. The maximum absolute atomic E-state index is 2.39. The van der Waals surface area contributed by atoms with Gasteiger partial charge in [0.15, 0.2) is 0 Å². The Balaban J connectivity index is 1.72. The highest BCUT2D eigenvalue weighted by Gasteiger charge is 2.10. The molecule has 0 aliphatic heterocycles. The van der Waals surface area contributed by atoms with Gasteiger partial charge in [-0.15, -0.1) is 11.3 Å². The number of aryl methyl sites for hydroxylation is 2. The third kappa shape index (κ3) is 2.46. The third-order valence-corrected chi connectivity index (χ3v) is 4.96. The zero-order chi connectivity index (χ0) is 14.8. The second kappa shape index (κ2) is 5.82. The van der Waals surface area contributed by atoms with Crippen molar-refractivity contribution >= 4 is 22.2 Å². The van der Waals surface area contributed by atoms with Crippen molar-refractivity contribution in [2.75, 3.05) is 0 Å². The van der Waals surface area contributed by atoms with Crippen LogP contribution in [0.3, 0.4) is 0 Å². The molecule has 0 saturated carbocycles. The van der Waals surface area contributed by atoms with Gasteiger partial charge in [-0.1, -0.05) is 54.6 Å². The van der Waals surface area contributed by atoms with Crippen LogP contribution in [0.4, 0.5) is 0 Å². The molecule has 0 spiro atoms.